The number of terminal acetylenes is 1. The summed E-state index contributed by atoms with van der Waals surface area (Å²) in [6.07, 6.45) is 8.15. The number of carbonyl (C=O) groups excluding carboxylic acids is 2. The van der Waals surface area contributed by atoms with E-state index in [4.69, 9.17) is 34.4 Å². The second-order valence-electron chi connectivity index (χ2n) is 11.0. The molecule has 1 spiro atoms. The molecule has 0 saturated carbocycles. The van der Waals surface area contributed by atoms with Gasteiger partial charge in [-0.15, -0.1) is 6.42 Å². The second-order valence-corrected chi connectivity index (χ2v) is 11.8. The number of rotatable bonds is 5. The average Bonchev–Trinajstić information content (AvgIpc) is 3.25. The van der Waals surface area contributed by atoms with Gasteiger partial charge in [0.25, 0.3) is 0 Å². The molecular formula is C33H31Cl2N3O3. The van der Waals surface area contributed by atoms with Crippen LogP contribution in [0.4, 0.5) is 5.69 Å². The molecule has 210 valence electrons. The zero-order valence-corrected chi connectivity index (χ0v) is 24.3. The number of hydrogen-bond donors (Lipinski definition) is 2. The number of nitrogens with one attached hydrogen (secondary N) is 2. The van der Waals surface area contributed by atoms with E-state index in [1.54, 1.807) is 12.1 Å². The standard InChI is InChI=1S/C33H31Cl2N3O3/c1-3-20-8-9-28(41-24-11-14-38(4-2)15-12-24)26(16-20)31-33(13-10-29(39)37-31)30-25(21-6-5-7-22(34)17-21)18-23(35)19-27(30)36-32(33)40/h1,5-9,16-19,24,31H,4,10-15H2,2H3,(H,36,40)(H,37,39)/t31-,33-/m1/s1. The van der Waals surface area contributed by atoms with Crippen LogP contribution in [0.5, 0.6) is 5.75 Å². The molecule has 2 N–H and O–H groups in total. The van der Waals surface area contributed by atoms with Crippen molar-refractivity contribution in [2.75, 3.05) is 25.0 Å². The number of halogens is 2. The molecule has 0 bridgehead atoms. The van der Waals surface area contributed by atoms with Gasteiger partial charge in [0.15, 0.2) is 0 Å². The molecule has 0 aliphatic carbocycles. The van der Waals surface area contributed by atoms with E-state index in [0.29, 0.717) is 39.0 Å². The molecule has 3 aliphatic heterocycles. The normalized spacial score (nSPS) is 22.6. The van der Waals surface area contributed by atoms with Crippen molar-refractivity contribution in [1.29, 1.82) is 0 Å². The number of likely N-dealkylation sites (tertiary alicyclic amines) is 1. The zero-order chi connectivity index (χ0) is 28.7. The Kier molecular flexibility index (Phi) is 7.46. The van der Waals surface area contributed by atoms with E-state index < -0.39 is 11.5 Å². The fourth-order valence-corrected chi connectivity index (χ4v) is 6.99. The molecule has 2 fully saturated rings. The molecule has 3 aliphatic rings. The second kappa shape index (κ2) is 11.1. The van der Waals surface area contributed by atoms with Gasteiger partial charge in [-0.2, -0.15) is 0 Å². The van der Waals surface area contributed by atoms with Crippen molar-refractivity contribution in [1.82, 2.24) is 10.2 Å². The number of hydrogen-bond acceptors (Lipinski definition) is 4. The van der Waals surface area contributed by atoms with E-state index >= 15 is 0 Å². The molecule has 41 heavy (non-hydrogen) atoms. The van der Waals surface area contributed by atoms with Crippen LogP contribution >= 0.6 is 23.2 Å². The fraction of sp³-hybridized carbons (Fsp3) is 0.333. The van der Waals surface area contributed by atoms with Crippen molar-refractivity contribution < 1.29 is 14.3 Å². The Morgan fingerprint density at radius 1 is 1.07 bits per heavy atom. The van der Waals surface area contributed by atoms with E-state index in [-0.39, 0.29) is 24.3 Å². The molecule has 8 heteroatoms. The fourth-order valence-electron chi connectivity index (χ4n) is 6.58. The first-order valence-electron chi connectivity index (χ1n) is 14.0. The third-order valence-corrected chi connectivity index (χ3v) is 9.10. The zero-order valence-electron chi connectivity index (χ0n) is 22.8. The smallest absolute Gasteiger partial charge is 0.237 e. The van der Waals surface area contributed by atoms with Crippen LogP contribution in [0.15, 0.2) is 54.6 Å². The van der Waals surface area contributed by atoms with E-state index in [0.717, 1.165) is 49.2 Å². The quantitative estimate of drug-likeness (QED) is 0.341. The number of amides is 2. The van der Waals surface area contributed by atoms with Gasteiger partial charge in [0.05, 0.1) is 6.04 Å². The predicted molar refractivity (Wildman–Crippen MR) is 162 cm³/mol. The number of anilines is 1. The van der Waals surface area contributed by atoms with Crippen LogP contribution in [-0.2, 0) is 15.0 Å². The minimum absolute atomic E-state index is 0.0222. The van der Waals surface area contributed by atoms with Gasteiger partial charge in [-0.25, -0.2) is 0 Å². The molecule has 2 saturated heterocycles. The predicted octanol–water partition coefficient (Wildman–Crippen LogP) is 6.35. The number of nitrogens with zero attached hydrogens (tertiary/aromatic N) is 1. The molecule has 3 aromatic carbocycles. The number of benzene rings is 3. The summed E-state index contributed by atoms with van der Waals surface area (Å²) in [6, 6.07) is 16.0. The molecule has 6 nitrogen and oxygen atoms in total. The SMILES string of the molecule is C#Cc1ccc(OC2CCN(CC)CC2)c([C@H]2NC(=O)CC[C@]23C(=O)Nc2cc(Cl)cc(-c4cccc(Cl)c4)c23)c1. The van der Waals surface area contributed by atoms with Gasteiger partial charge in [0.2, 0.25) is 11.8 Å². The topological polar surface area (TPSA) is 70.7 Å². The van der Waals surface area contributed by atoms with E-state index in [1.807, 2.05) is 42.5 Å². The summed E-state index contributed by atoms with van der Waals surface area (Å²) in [5, 5.41) is 7.32. The number of fused-ring (bicyclic) bond motifs is 2. The molecule has 3 aromatic rings. The maximum atomic E-state index is 14.2. The number of ether oxygens (including phenoxy) is 1. The lowest BCUT2D eigenvalue weighted by molar-refractivity contribution is -0.130. The Hall–Kier alpha value is -3.50. The summed E-state index contributed by atoms with van der Waals surface area (Å²) in [5.41, 5.74) is 3.25. The molecule has 2 atom stereocenters. The maximum absolute atomic E-state index is 14.2. The van der Waals surface area contributed by atoms with Gasteiger partial charge in [0, 0.05) is 51.9 Å². The third-order valence-electron chi connectivity index (χ3n) is 8.65. The number of carbonyl (C=O) groups is 2. The van der Waals surface area contributed by atoms with Gasteiger partial charge >= 0.3 is 0 Å². The summed E-state index contributed by atoms with van der Waals surface area (Å²) in [5.74, 6) is 3.02. The molecule has 0 aromatic heterocycles. The van der Waals surface area contributed by atoms with Crippen molar-refractivity contribution >= 4 is 40.7 Å². The van der Waals surface area contributed by atoms with E-state index in [9.17, 15) is 9.59 Å². The first-order valence-corrected chi connectivity index (χ1v) is 14.8. The average molecular weight is 589 g/mol. The van der Waals surface area contributed by atoms with E-state index in [1.165, 1.54) is 0 Å². The van der Waals surface area contributed by atoms with E-state index in [2.05, 4.69) is 28.4 Å². The third kappa shape index (κ3) is 4.97. The van der Waals surface area contributed by atoms with Gasteiger partial charge in [-0.1, -0.05) is 48.2 Å². The van der Waals surface area contributed by atoms with Gasteiger partial charge in [0.1, 0.15) is 17.3 Å². The van der Waals surface area contributed by atoms with Crippen molar-refractivity contribution in [3.05, 3.63) is 81.3 Å². The van der Waals surface area contributed by atoms with Crippen LogP contribution in [0.1, 0.15) is 55.3 Å². The van der Waals surface area contributed by atoms with Crippen LogP contribution in [0.2, 0.25) is 10.0 Å². The van der Waals surface area contributed by atoms with Gasteiger partial charge < -0.3 is 20.3 Å². The first kappa shape index (κ1) is 27.7. The molecule has 0 radical (unpaired) electrons. The molecule has 3 heterocycles. The monoisotopic (exact) mass is 587 g/mol. The summed E-state index contributed by atoms with van der Waals surface area (Å²) in [7, 11) is 0. The van der Waals surface area contributed by atoms with Crippen molar-refractivity contribution in [3.8, 4) is 29.2 Å². The molecule has 6 rings (SSSR count). The highest BCUT2D eigenvalue weighted by molar-refractivity contribution is 6.32. The summed E-state index contributed by atoms with van der Waals surface area (Å²) in [4.78, 5) is 29.6. The lowest BCUT2D eigenvalue weighted by atomic mass is 9.65. The van der Waals surface area contributed by atoms with Gasteiger partial charge in [-0.05, 0) is 79.4 Å². The van der Waals surface area contributed by atoms with Crippen molar-refractivity contribution in [2.45, 2.75) is 50.2 Å². The Balaban J connectivity index is 1.51. The van der Waals surface area contributed by atoms with Crippen molar-refractivity contribution in [2.24, 2.45) is 0 Å². The largest absolute Gasteiger partial charge is 0.490 e. The minimum Gasteiger partial charge on any atom is -0.490 e. The highest BCUT2D eigenvalue weighted by atomic mass is 35.5. The summed E-state index contributed by atoms with van der Waals surface area (Å²) in [6.45, 7) is 5.10. The van der Waals surface area contributed by atoms with Crippen molar-refractivity contribution in [3.63, 3.8) is 0 Å². The lowest BCUT2D eigenvalue weighted by Gasteiger charge is -2.42. The summed E-state index contributed by atoms with van der Waals surface area (Å²) >= 11 is 13.0. The molecule has 0 unspecified atom stereocenters. The maximum Gasteiger partial charge on any atom is 0.237 e. The minimum atomic E-state index is -1.12. The van der Waals surface area contributed by atoms with Gasteiger partial charge in [-0.3, -0.25) is 9.59 Å². The van der Waals surface area contributed by atoms with Crippen LogP contribution in [0.3, 0.4) is 0 Å². The lowest BCUT2D eigenvalue weighted by Crippen LogP contribution is -2.53. The molecular weight excluding hydrogens is 557 g/mol. The first-order chi connectivity index (χ1) is 19.8. The highest BCUT2D eigenvalue weighted by Crippen LogP contribution is 2.56. The summed E-state index contributed by atoms with van der Waals surface area (Å²) < 4.78 is 6.63. The Bertz CT molecular complexity index is 1570. The Morgan fingerprint density at radius 2 is 1.88 bits per heavy atom. The van der Waals surface area contributed by atoms with Crippen LogP contribution in [-0.4, -0.2) is 42.5 Å². The van der Waals surface area contributed by atoms with Crippen LogP contribution < -0.4 is 15.4 Å². The highest BCUT2D eigenvalue weighted by Gasteiger charge is 2.57. The molecule has 2 amide bonds. The number of piperidine rings is 2. The van der Waals surface area contributed by atoms with Crippen LogP contribution in [0.25, 0.3) is 11.1 Å². The Labute approximate surface area is 250 Å². The Morgan fingerprint density at radius 3 is 2.61 bits per heavy atom. The van der Waals surface area contributed by atoms with Crippen LogP contribution in [0, 0.1) is 12.3 Å².